The molecule has 22 heavy (non-hydrogen) atoms. The van der Waals surface area contributed by atoms with E-state index in [2.05, 4.69) is 24.1 Å². The van der Waals surface area contributed by atoms with Gasteiger partial charge >= 0.3 is 0 Å². The largest absolute Gasteiger partial charge is 0.489 e. The van der Waals surface area contributed by atoms with Gasteiger partial charge in [-0.25, -0.2) is 4.39 Å². The van der Waals surface area contributed by atoms with Gasteiger partial charge in [-0.3, -0.25) is 4.90 Å². The molecule has 0 radical (unpaired) electrons. The Kier molecular flexibility index (Phi) is 6.48. The van der Waals surface area contributed by atoms with Crippen molar-refractivity contribution >= 4 is 11.6 Å². The highest BCUT2D eigenvalue weighted by atomic mass is 35.5. The zero-order valence-electron chi connectivity index (χ0n) is 13.7. The van der Waals surface area contributed by atoms with Crippen LogP contribution in [0.25, 0.3) is 0 Å². The fourth-order valence-electron chi connectivity index (χ4n) is 2.99. The van der Waals surface area contributed by atoms with Crippen LogP contribution in [-0.2, 0) is 0 Å². The molecule has 0 spiro atoms. The maximum absolute atomic E-state index is 14.3. The molecule has 3 nitrogen and oxygen atoms in total. The average molecular weight is 329 g/mol. The van der Waals surface area contributed by atoms with Gasteiger partial charge in [0.1, 0.15) is 0 Å². The van der Waals surface area contributed by atoms with Gasteiger partial charge in [0.25, 0.3) is 0 Å². The molecule has 0 bridgehead atoms. The predicted octanol–water partition coefficient (Wildman–Crippen LogP) is 3.87. The van der Waals surface area contributed by atoms with E-state index >= 15 is 0 Å². The Morgan fingerprint density at radius 1 is 1.32 bits per heavy atom. The SMILES string of the molecule is CCOc1c(F)cc([C@@H](CC(C)C)N2CCNCC2)cc1Cl. The van der Waals surface area contributed by atoms with Gasteiger partial charge in [-0.2, -0.15) is 0 Å². The Morgan fingerprint density at radius 2 is 2.00 bits per heavy atom. The van der Waals surface area contributed by atoms with Gasteiger partial charge in [0.05, 0.1) is 11.6 Å². The second kappa shape index (κ2) is 8.14. The van der Waals surface area contributed by atoms with Crippen LogP contribution in [0.4, 0.5) is 4.39 Å². The molecule has 1 aliphatic heterocycles. The lowest BCUT2D eigenvalue weighted by molar-refractivity contribution is 0.153. The van der Waals surface area contributed by atoms with Crippen LogP contribution in [0.2, 0.25) is 5.02 Å². The van der Waals surface area contributed by atoms with E-state index in [1.54, 1.807) is 6.07 Å². The number of rotatable bonds is 6. The minimum absolute atomic E-state index is 0.163. The first-order chi connectivity index (χ1) is 10.5. The molecule has 1 N–H and O–H groups in total. The third-order valence-corrected chi connectivity index (χ3v) is 4.26. The number of halogens is 2. The van der Waals surface area contributed by atoms with Crippen molar-refractivity contribution in [3.8, 4) is 5.75 Å². The molecular weight excluding hydrogens is 303 g/mol. The molecule has 1 aromatic carbocycles. The van der Waals surface area contributed by atoms with Crippen molar-refractivity contribution in [1.82, 2.24) is 10.2 Å². The summed E-state index contributed by atoms with van der Waals surface area (Å²) in [6.07, 6.45) is 0.990. The summed E-state index contributed by atoms with van der Waals surface area (Å²) < 4.78 is 19.6. The Hall–Kier alpha value is -0.840. The molecule has 2 rings (SSSR count). The third-order valence-electron chi connectivity index (χ3n) is 3.98. The van der Waals surface area contributed by atoms with E-state index in [1.165, 1.54) is 0 Å². The summed E-state index contributed by atoms with van der Waals surface area (Å²) in [6, 6.07) is 3.65. The van der Waals surface area contributed by atoms with Gasteiger partial charge in [0, 0.05) is 32.2 Å². The molecular formula is C17H26ClFN2O. The van der Waals surface area contributed by atoms with Crippen molar-refractivity contribution in [3.05, 3.63) is 28.5 Å². The fourth-order valence-corrected chi connectivity index (χ4v) is 3.26. The Morgan fingerprint density at radius 3 is 2.55 bits per heavy atom. The molecule has 0 aliphatic carbocycles. The summed E-state index contributed by atoms with van der Waals surface area (Å²) in [5.74, 6) is 0.332. The second-order valence-corrected chi connectivity index (χ2v) is 6.59. The quantitative estimate of drug-likeness (QED) is 0.858. The topological polar surface area (TPSA) is 24.5 Å². The summed E-state index contributed by atoms with van der Waals surface area (Å²) in [4.78, 5) is 2.42. The first-order valence-electron chi connectivity index (χ1n) is 8.09. The van der Waals surface area contributed by atoms with Gasteiger partial charge in [-0.1, -0.05) is 25.4 Å². The molecule has 0 aromatic heterocycles. The number of benzene rings is 1. The van der Waals surface area contributed by atoms with Crippen molar-refractivity contribution in [2.75, 3.05) is 32.8 Å². The standard InChI is InChI=1S/C17H26ClFN2O/c1-4-22-17-14(18)10-13(11-15(17)19)16(9-12(2)3)21-7-5-20-6-8-21/h10-12,16,20H,4-9H2,1-3H3/t16-/m1/s1. The zero-order chi connectivity index (χ0) is 16.1. The maximum Gasteiger partial charge on any atom is 0.173 e. The number of ether oxygens (including phenoxy) is 1. The number of hydrogen-bond donors (Lipinski definition) is 1. The van der Waals surface area contributed by atoms with Crippen LogP contribution in [-0.4, -0.2) is 37.7 Å². The highest BCUT2D eigenvalue weighted by molar-refractivity contribution is 6.32. The van der Waals surface area contributed by atoms with Crippen molar-refractivity contribution < 1.29 is 9.13 Å². The van der Waals surface area contributed by atoms with Gasteiger partial charge in [-0.15, -0.1) is 0 Å². The second-order valence-electron chi connectivity index (χ2n) is 6.18. The highest BCUT2D eigenvalue weighted by Crippen LogP contribution is 2.35. The van der Waals surface area contributed by atoms with Gasteiger partial charge in [-0.05, 0) is 37.0 Å². The van der Waals surface area contributed by atoms with Crippen LogP contribution in [0.5, 0.6) is 5.75 Å². The summed E-state index contributed by atoms with van der Waals surface area (Å²) in [5.41, 5.74) is 0.946. The van der Waals surface area contributed by atoms with Crippen molar-refractivity contribution in [3.63, 3.8) is 0 Å². The molecule has 1 atom stereocenters. The van der Waals surface area contributed by atoms with Crippen molar-refractivity contribution in [2.24, 2.45) is 5.92 Å². The molecule has 5 heteroatoms. The van der Waals surface area contributed by atoms with Gasteiger partial charge in [0.15, 0.2) is 11.6 Å². The van der Waals surface area contributed by atoms with E-state index < -0.39 is 0 Å². The van der Waals surface area contributed by atoms with E-state index in [-0.39, 0.29) is 17.6 Å². The fraction of sp³-hybridized carbons (Fsp3) is 0.647. The van der Waals surface area contributed by atoms with Gasteiger partial charge in [0.2, 0.25) is 0 Å². The third kappa shape index (κ3) is 4.34. The maximum atomic E-state index is 14.3. The summed E-state index contributed by atoms with van der Waals surface area (Å²) in [6.45, 7) is 10.5. The van der Waals surface area contributed by atoms with Crippen LogP contribution in [0, 0.1) is 11.7 Å². The van der Waals surface area contributed by atoms with E-state index in [0.29, 0.717) is 17.5 Å². The molecule has 1 heterocycles. The molecule has 1 aliphatic rings. The number of nitrogens with zero attached hydrogens (tertiary/aromatic N) is 1. The van der Waals surface area contributed by atoms with Crippen LogP contribution in [0.15, 0.2) is 12.1 Å². The first-order valence-corrected chi connectivity index (χ1v) is 8.47. The van der Waals surface area contributed by atoms with Crippen molar-refractivity contribution in [1.29, 1.82) is 0 Å². The lowest BCUT2D eigenvalue weighted by atomic mass is 9.94. The lowest BCUT2D eigenvalue weighted by Gasteiger charge is -2.36. The van der Waals surface area contributed by atoms with Crippen LogP contribution < -0.4 is 10.1 Å². The van der Waals surface area contributed by atoms with Gasteiger partial charge < -0.3 is 10.1 Å². The van der Waals surface area contributed by atoms with Crippen LogP contribution in [0.1, 0.15) is 38.8 Å². The zero-order valence-corrected chi connectivity index (χ0v) is 14.4. The molecule has 0 unspecified atom stereocenters. The normalized spacial score (nSPS) is 17.7. The average Bonchev–Trinajstić information content (AvgIpc) is 2.49. The van der Waals surface area contributed by atoms with E-state index in [0.717, 1.165) is 38.2 Å². The molecule has 1 fully saturated rings. The minimum atomic E-state index is -0.367. The molecule has 1 aromatic rings. The number of hydrogen-bond acceptors (Lipinski definition) is 3. The number of nitrogens with one attached hydrogen (secondary N) is 1. The lowest BCUT2D eigenvalue weighted by Crippen LogP contribution is -2.45. The van der Waals surface area contributed by atoms with Crippen LogP contribution >= 0.6 is 11.6 Å². The summed E-state index contributed by atoms with van der Waals surface area (Å²) in [5, 5.41) is 3.72. The number of piperazine rings is 1. The van der Waals surface area contributed by atoms with Crippen LogP contribution in [0.3, 0.4) is 0 Å². The molecule has 1 saturated heterocycles. The van der Waals surface area contributed by atoms with E-state index in [1.807, 2.05) is 13.0 Å². The highest BCUT2D eigenvalue weighted by Gasteiger charge is 2.25. The summed E-state index contributed by atoms with van der Waals surface area (Å²) in [7, 11) is 0. The molecule has 124 valence electrons. The molecule has 0 amide bonds. The van der Waals surface area contributed by atoms with E-state index in [4.69, 9.17) is 16.3 Å². The smallest absolute Gasteiger partial charge is 0.173 e. The summed E-state index contributed by atoms with van der Waals surface area (Å²) >= 11 is 6.24. The predicted molar refractivity (Wildman–Crippen MR) is 89.2 cm³/mol. The Labute approximate surface area is 137 Å². The monoisotopic (exact) mass is 328 g/mol. The Bertz CT molecular complexity index is 467. The van der Waals surface area contributed by atoms with Crippen molar-refractivity contribution in [2.45, 2.75) is 33.2 Å². The van der Waals surface area contributed by atoms with E-state index in [9.17, 15) is 4.39 Å². The Balaban J connectivity index is 2.30. The molecule has 0 saturated carbocycles. The minimum Gasteiger partial charge on any atom is -0.489 e. The first kappa shape index (κ1) is 17.5.